The minimum Gasteiger partial charge on any atom is -0.499 e. The summed E-state index contributed by atoms with van der Waals surface area (Å²) in [4.78, 5) is 0. The molecule has 50 valence electrons. The molecule has 0 bridgehead atoms. The van der Waals surface area contributed by atoms with Gasteiger partial charge in [-0.05, 0) is 23.9 Å². The predicted octanol–water partition coefficient (Wildman–Crippen LogP) is 1.47. The van der Waals surface area contributed by atoms with Crippen LogP contribution in [0.5, 0.6) is 5.06 Å². The molecule has 3 N–H and O–H groups in total. The van der Waals surface area contributed by atoms with Gasteiger partial charge in [0.25, 0.3) is 0 Å². The van der Waals surface area contributed by atoms with E-state index in [1.807, 2.05) is 12.3 Å². The average Bonchev–Trinajstić information content (AvgIpc) is 2.14. The van der Waals surface area contributed by atoms with Gasteiger partial charge in [0.1, 0.15) is 0 Å². The van der Waals surface area contributed by atoms with Gasteiger partial charge in [-0.1, -0.05) is 0 Å². The summed E-state index contributed by atoms with van der Waals surface area (Å²) in [5.74, 6) is 0. The summed E-state index contributed by atoms with van der Waals surface area (Å²) in [6.45, 7) is 1.89. The minimum absolute atomic E-state index is 0.0298. The van der Waals surface area contributed by atoms with E-state index < -0.39 is 0 Å². The van der Waals surface area contributed by atoms with Crippen molar-refractivity contribution in [2.24, 2.45) is 5.73 Å². The largest absolute Gasteiger partial charge is 0.499 e. The molecule has 9 heavy (non-hydrogen) atoms. The quantitative estimate of drug-likeness (QED) is 0.625. The second-order valence-electron chi connectivity index (χ2n) is 2.01. The minimum atomic E-state index is 0.0298. The zero-order valence-electron chi connectivity index (χ0n) is 5.16. The highest BCUT2D eigenvalue weighted by molar-refractivity contribution is 7.11. The van der Waals surface area contributed by atoms with Gasteiger partial charge in [0.15, 0.2) is 5.06 Å². The van der Waals surface area contributed by atoms with E-state index in [9.17, 15) is 0 Å². The van der Waals surface area contributed by atoms with Gasteiger partial charge in [0, 0.05) is 6.04 Å². The van der Waals surface area contributed by atoms with Crippen molar-refractivity contribution in [2.75, 3.05) is 0 Å². The lowest BCUT2D eigenvalue weighted by Gasteiger charge is -1.96. The van der Waals surface area contributed by atoms with Crippen LogP contribution >= 0.6 is 11.3 Å². The fourth-order valence-electron chi connectivity index (χ4n) is 0.578. The summed E-state index contributed by atoms with van der Waals surface area (Å²) in [6.07, 6.45) is 0. The van der Waals surface area contributed by atoms with Crippen molar-refractivity contribution in [2.45, 2.75) is 13.0 Å². The Kier molecular flexibility index (Phi) is 1.73. The standard InChI is InChI=1S/C6H9NOS/c1-4(7)5-2-6(8)9-3-5/h2-4,8H,7H2,1H3. The molecular formula is C6H9NOS. The Morgan fingerprint density at radius 3 is 2.67 bits per heavy atom. The second-order valence-corrected chi connectivity index (χ2v) is 2.90. The first-order chi connectivity index (χ1) is 4.20. The lowest BCUT2D eigenvalue weighted by Crippen LogP contribution is -2.02. The maximum Gasteiger partial charge on any atom is 0.171 e. The maximum absolute atomic E-state index is 8.86. The van der Waals surface area contributed by atoms with Gasteiger partial charge in [0.2, 0.25) is 0 Å². The molecule has 1 unspecified atom stereocenters. The van der Waals surface area contributed by atoms with Crippen LogP contribution in [-0.2, 0) is 0 Å². The fraction of sp³-hybridized carbons (Fsp3) is 0.333. The molecule has 2 nitrogen and oxygen atoms in total. The molecular weight excluding hydrogens is 134 g/mol. The number of thiophene rings is 1. The van der Waals surface area contributed by atoms with Crippen LogP contribution in [0.4, 0.5) is 0 Å². The van der Waals surface area contributed by atoms with Crippen molar-refractivity contribution in [3.05, 3.63) is 17.0 Å². The third kappa shape index (κ3) is 1.43. The van der Waals surface area contributed by atoms with Gasteiger partial charge < -0.3 is 10.8 Å². The van der Waals surface area contributed by atoms with E-state index in [0.29, 0.717) is 5.06 Å². The lowest BCUT2D eigenvalue weighted by molar-refractivity contribution is 0.490. The van der Waals surface area contributed by atoms with E-state index in [1.54, 1.807) is 6.07 Å². The Morgan fingerprint density at radius 1 is 1.78 bits per heavy atom. The molecule has 0 radical (unpaired) electrons. The topological polar surface area (TPSA) is 46.2 Å². The fourth-order valence-corrected chi connectivity index (χ4v) is 1.32. The van der Waals surface area contributed by atoms with Crippen molar-refractivity contribution in [1.82, 2.24) is 0 Å². The summed E-state index contributed by atoms with van der Waals surface area (Å²) in [5, 5.41) is 11.1. The van der Waals surface area contributed by atoms with Gasteiger partial charge >= 0.3 is 0 Å². The Morgan fingerprint density at radius 2 is 2.44 bits per heavy atom. The molecule has 0 fully saturated rings. The van der Waals surface area contributed by atoms with Gasteiger partial charge in [0.05, 0.1) is 0 Å². The van der Waals surface area contributed by atoms with Crippen molar-refractivity contribution >= 4 is 11.3 Å². The Labute approximate surface area is 57.9 Å². The molecule has 3 heteroatoms. The monoisotopic (exact) mass is 143 g/mol. The molecule has 0 aliphatic rings. The van der Waals surface area contributed by atoms with Gasteiger partial charge in [-0.2, -0.15) is 0 Å². The smallest absolute Gasteiger partial charge is 0.171 e. The van der Waals surface area contributed by atoms with Crippen LogP contribution in [0.15, 0.2) is 11.4 Å². The Hall–Kier alpha value is -0.540. The zero-order valence-corrected chi connectivity index (χ0v) is 5.98. The summed E-state index contributed by atoms with van der Waals surface area (Å²) >= 11 is 1.31. The molecule has 0 aliphatic heterocycles. The zero-order chi connectivity index (χ0) is 6.85. The Bertz CT molecular complexity index is 195. The maximum atomic E-state index is 8.86. The van der Waals surface area contributed by atoms with Gasteiger partial charge in [-0.15, -0.1) is 11.3 Å². The van der Waals surface area contributed by atoms with E-state index in [1.165, 1.54) is 11.3 Å². The van der Waals surface area contributed by atoms with E-state index in [2.05, 4.69) is 0 Å². The van der Waals surface area contributed by atoms with E-state index in [-0.39, 0.29) is 6.04 Å². The SMILES string of the molecule is CC(N)c1csc(O)c1. The number of hydrogen-bond donors (Lipinski definition) is 2. The summed E-state index contributed by atoms with van der Waals surface area (Å²) < 4.78 is 0. The van der Waals surface area contributed by atoms with Gasteiger partial charge in [-0.25, -0.2) is 0 Å². The number of rotatable bonds is 1. The van der Waals surface area contributed by atoms with Crippen molar-refractivity contribution in [3.63, 3.8) is 0 Å². The molecule has 0 amide bonds. The van der Waals surface area contributed by atoms with Crippen molar-refractivity contribution in [3.8, 4) is 5.06 Å². The highest BCUT2D eigenvalue weighted by Crippen LogP contribution is 2.24. The normalized spacial score (nSPS) is 13.6. The third-order valence-corrected chi connectivity index (χ3v) is 1.88. The first-order valence-electron chi connectivity index (χ1n) is 2.73. The highest BCUT2D eigenvalue weighted by atomic mass is 32.1. The third-order valence-electron chi connectivity index (χ3n) is 1.13. The first kappa shape index (κ1) is 6.58. The van der Waals surface area contributed by atoms with Crippen molar-refractivity contribution in [1.29, 1.82) is 0 Å². The average molecular weight is 143 g/mol. The summed E-state index contributed by atoms with van der Waals surface area (Å²) in [7, 11) is 0. The Balaban J connectivity index is 2.85. The van der Waals surface area contributed by atoms with Crippen LogP contribution in [0.25, 0.3) is 0 Å². The molecule has 1 aromatic rings. The van der Waals surface area contributed by atoms with Crippen molar-refractivity contribution < 1.29 is 5.11 Å². The first-order valence-corrected chi connectivity index (χ1v) is 3.61. The molecule has 1 atom stereocenters. The van der Waals surface area contributed by atoms with E-state index >= 15 is 0 Å². The molecule has 1 aromatic heterocycles. The lowest BCUT2D eigenvalue weighted by atomic mass is 10.2. The molecule has 0 saturated carbocycles. The number of aromatic hydroxyl groups is 1. The second kappa shape index (κ2) is 2.37. The van der Waals surface area contributed by atoms with Crippen LogP contribution < -0.4 is 5.73 Å². The van der Waals surface area contributed by atoms with Crippen LogP contribution in [0.1, 0.15) is 18.5 Å². The molecule has 0 aliphatic carbocycles. The van der Waals surface area contributed by atoms with Gasteiger partial charge in [-0.3, -0.25) is 0 Å². The highest BCUT2D eigenvalue weighted by Gasteiger charge is 2.00. The van der Waals surface area contributed by atoms with E-state index in [0.717, 1.165) is 5.56 Å². The molecule has 0 spiro atoms. The van der Waals surface area contributed by atoms with E-state index in [4.69, 9.17) is 10.8 Å². The molecule has 1 heterocycles. The number of hydrogen-bond acceptors (Lipinski definition) is 3. The summed E-state index contributed by atoms with van der Waals surface area (Å²) in [5.41, 5.74) is 6.52. The molecule has 0 saturated heterocycles. The predicted molar refractivity (Wildman–Crippen MR) is 38.6 cm³/mol. The van der Waals surface area contributed by atoms with Crippen LogP contribution in [0.3, 0.4) is 0 Å². The van der Waals surface area contributed by atoms with Crippen LogP contribution in [-0.4, -0.2) is 5.11 Å². The van der Waals surface area contributed by atoms with Crippen LogP contribution in [0, 0.1) is 0 Å². The molecule has 0 aromatic carbocycles. The molecule has 1 rings (SSSR count). The van der Waals surface area contributed by atoms with Crippen LogP contribution in [0.2, 0.25) is 0 Å². The summed E-state index contributed by atoms with van der Waals surface area (Å²) in [6, 6.07) is 1.72. The number of nitrogens with two attached hydrogens (primary N) is 1.